The molecule has 0 aromatic rings. The van der Waals surface area contributed by atoms with E-state index in [0.29, 0.717) is 6.54 Å². The van der Waals surface area contributed by atoms with Crippen molar-refractivity contribution in [3.05, 3.63) is 0 Å². The van der Waals surface area contributed by atoms with Gasteiger partial charge in [0, 0.05) is 12.1 Å². The Balaban J connectivity index is 2.33. The molecule has 0 bridgehead atoms. The second kappa shape index (κ2) is 4.04. The highest BCUT2D eigenvalue weighted by Gasteiger charge is 2.31. The van der Waals surface area contributed by atoms with E-state index in [-0.39, 0.29) is 18.8 Å². The van der Waals surface area contributed by atoms with E-state index in [9.17, 15) is 5.11 Å². The van der Waals surface area contributed by atoms with E-state index < -0.39 is 0 Å². The van der Waals surface area contributed by atoms with Gasteiger partial charge in [-0.2, -0.15) is 0 Å². The lowest BCUT2D eigenvalue weighted by Gasteiger charge is -2.27. The maximum atomic E-state index is 10.2. The Bertz CT molecular complexity index is 111. The Morgan fingerprint density at radius 1 is 1.36 bits per heavy atom. The van der Waals surface area contributed by atoms with Crippen LogP contribution in [0.4, 0.5) is 0 Å². The Kier molecular flexibility index (Phi) is 3.30. The largest absolute Gasteiger partial charge is 0.394 e. The molecule has 0 atom stereocenters. The van der Waals surface area contributed by atoms with Gasteiger partial charge in [-0.3, -0.25) is 0 Å². The number of nitrogens with one attached hydrogen (secondary N) is 1. The molecule has 1 rings (SSSR count). The van der Waals surface area contributed by atoms with Gasteiger partial charge in [0.25, 0.3) is 0 Å². The van der Waals surface area contributed by atoms with Crippen molar-refractivity contribution in [3.8, 4) is 0 Å². The quantitative estimate of drug-likeness (QED) is 0.618. The van der Waals surface area contributed by atoms with Crippen molar-refractivity contribution < 1.29 is 10.2 Å². The summed E-state index contributed by atoms with van der Waals surface area (Å²) in [6.07, 6.45) is 4.38. The van der Waals surface area contributed by atoms with Crippen LogP contribution in [0.2, 0.25) is 0 Å². The van der Waals surface area contributed by atoms with Gasteiger partial charge in [-0.05, 0) is 12.8 Å². The molecule has 1 saturated carbocycles. The highest BCUT2D eigenvalue weighted by atomic mass is 16.3. The van der Waals surface area contributed by atoms with Crippen LogP contribution < -0.4 is 5.32 Å². The molecule has 0 aromatic heterocycles. The summed E-state index contributed by atoms with van der Waals surface area (Å²) in [6.45, 7) is 0.565. The lowest BCUT2D eigenvalue weighted by Crippen LogP contribution is -2.47. The van der Waals surface area contributed by atoms with Crippen molar-refractivity contribution in [1.82, 2.24) is 5.32 Å². The second-order valence-corrected chi connectivity index (χ2v) is 3.28. The molecule has 0 aromatic carbocycles. The maximum Gasteiger partial charge on any atom is 0.0946 e. The molecule has 0 amide bonds. The minimum atomic E-state index is -0.107. The molecule has 65 valence electrons. The summed E-state index contributed by atoms with van der Waals surface area (Å²) in [7, 11) is 0. The summed E-state index contributed by atoms with van der Waals surface area (Å²) in [4.78, 5) is 0. The monoisotopic (exact) mass is 158 g/mol. The number of hydrogen-bond acceptors (Lipinski definition) is 2. The number of rotatable bonds is 4. The fourth-order valence-electron chi connectivity index (χ4n) is 1.76. The van der Waals surface area contributed by atoms with Crippen molar-refractivity contribution in [2.75, 3.05) is 19.8 Å². The third-order valence-electron chi connectivity index (χ3n) is 2.47. The zero-order valence-corrected chi connectivity index (χ0v) is 6.81. The standard InChI is InChI=1S/C8H16NO2/c10-6-5-9-8(7-11)3-1-2-4-8/h9,11H,1-7H2. The van der Waals surface area contributed by atoms with Gasteiger partial charge in [0.2, 0.25) is 0 Å². The Labute approximate surface area is 67.4 Å². The Morgan fingerprint density at radius 3 is 2.45 bits per heavy atom. The third kappa shape index (κ3) is 2.15. The second-order valence-electron chi connectivity index (χ2n) is 3.28. The Morgan fingerprint density at radius 2 is 2.00 bits per heavy atom. The van der Waals surface area contributed by atoms with E-state index in [2.05, 4.69) is 5.32 Å². The van der Waals surface area contributed by atoms with E-state index in [1.165, 1.54) is 12.8 Å². The average molecular weight is 158 g/mol. The minimum absolute atomic E-state index is 0.0955. The molecular formula is C8H16NO2. The van der Waals surface area contributed by atoms with Crippen molar-refractivity contribution in [2.24, 2.45) is 0 Å². The topological polar surface area (TPSA) is 52.2 Å². The van der Waals surface area contributed by atoms with Crippen LogP contribution in [-0.2, 0) is 5.11 Å². The number of aliphatic hydroxyl groups is 1. The SMILES string of the molecule is [O]CCNC1(CO)CCCC1. The summed E-state index contributed by atoms with van der Waals surface area (Å²) in [6, 6.07) is 0. The van der Waals surface area contributed by atoms with E-state index in [1.54, 1.807) is 0 Å². The summed E-state index contributed by atoms with van der Waals surface area (Å²) in [5, 5.41) is 22.4. The fraction of sp³-hybridized carbons (Fsp3) is 1.00. The number of hydrogen-bond donors (Lipinski definition) is 2. The van der Waals surface area contributed by atoms with E-state index in [4.69, 9.17) is 5.11 Å². The van der Waals surface area contributed by atoms with E-state index in [1.807, 2.05) is 0 Å². The molecule has 3 heteroatoms. The van der Waals surface area contributed by atoms with E-state index in [0.717, 1.165) is 12.8 Å². The fourth-order valence-corrected chi connectivity index (χ4v) is 1.76. The van der Waals surface area contributed by atoms with Gasteiger partial charge < -0.3 is 10.4 Å². The predicted octanol–water partition coefficient (Wildman–Crippen LogP) is 0.312. The van der Waals surface area contributed by atoms with Crippen LogP contribution >= 0.6 is 0 Å². The van der Waals surface area contributed by atoms with Crippen LogP contribution in [0.5, 0.6) is 0 Å². The molecule has 1 aliphatic carbocycles. The molecule has 0 aliphatic heterocycles. The van der Waals surface area contributed by atoms with Crippen LogP contribution in [-0.4, -0.2) is 30.4 Å². The zero-order chi connectivity index (χ0) is 8.16. The molecular weight excluding hydrogens is 142 g/mol. The van der Waals surface area contributed by atoms with Crippen molar-refractivity contribution >= 4 is 0 Å². The molecule has 3 nitrogen and oxygen atoms in total. The molecule has 11 heavy (non-hydrogen) atoms. The number of aliphatic hydroxyl groups excluding tert-OH is 1. The van der Waals surface area contributed by atoms with Gasteiger partial charge in [0.15, 0.2) is 0 Å². The molecule has 1 fully saturated rings. The van der Waals surface area contributed by atoms with Gasteiger partial charge in [0.1, 0.15) is 0 Å². The smallest absolute Gasteiger partial charge is 0.0946 e. The molecule has 0 heterocycles. The highest BCUT2D eigenvalue weighted by molar-refractivity contribution is 4.91. The summed E-state index contributed by atoms with van der Waals surface area (Å²) >= 11 is 0. The first kappa shape index (κ1) is 8.97. The lowest BCUT2D eigenvalue weighted by atomic mass is 9.99. The molecule has 0 saturated heterocycles. The van der Waals surface area contributed by atoms with Crippen molar-refractivity contribution in [1.29, 1.82) is 0 Å². The van der Waals surface area contributed by atoms with E-state index >= 15 is 0 Å². The zero-order valence-electron chi connectivity index (χ0n) is 6.81. The molecule has 0 spiro atoms. The minimum Gasteiger partial charge on any atom is -0.394 e. The first-order valence-electron chi connectivity index (χ1n) is 4.27. The van der Waals surface area contributed by atoms with Gasteiger partial charge in [-0.15, -0.1) is 0 Å². The van der Waals surface area contributed by atoms with Gasteiger partial charge >= 0.3 is 0 Å². The molecule has 1 aliphatic rings. The average Bonchev–Trinajstić information content (AvgIpc) is 2.50. The van der Waals surface area contributed by atoms with Crippen LogP contribution in [0.1, 0.15) is 25.7 Å². The lowest BCUT2D eigenvalue weighted by molar-refractivity contribution is 0.137. The first-order chi connectivity index (χ1) is 5.33. The molecule has 0 unspecified atom stereocenters. The molecule has 1 radical (unpaired) electrons. The third-order valence-corrected chi connectivity index (χ3v) is 2.47. The predicted molar refractivity (Wildman–Crippen MR) is 41.8 cm³/mol. The highest BCUT2D eigenvalue weighted by Crippen LogP contribution is 2.28. The van der Waals surface area contributed by atoms with Gasteiger partial charge in [-0.25, -0.2) is 5.11 Å². The summed E-state index contributed by atoms with van der Waals surface area (Å²) < 4.78 is 0. The summed E-state index contributed by atoms with van der Waals surface area (Å²) in [5.41, 5.74) is -0.107. The van der Waals surface area contributed by atoms with Crippen LogP contribution in [0.15, 0.2) is 0 Å². The normalized spacial score (nSPS) is 22.4. The maximum absolute atomic E-state index is 10.2. The first-order valence-corrected chi connectivity index (χ1v) is 4.27. The Hall–Kier alpha value is -0.120. The van der Waals surface area contributed by atoms with Crippen LogP contribution in [0.3, 0.4) is 0 Å². The van der Waals surface area contributed by atoms with Gasteiger partial charge in [0.05, 0.1) is 13.2 Å². The molecule has 2 N–H and O–H groups in total. The van der Waals surface area contributed by atoms with Crippen LogP contribution in [0.25, 0.3) is 0 Å². The van der Waals surface area contributed by atoms with Crippen molar-refractivity contribution in [3.63, 3.8) is 0 Å². The van der Waals surface area contributed by atoms with Crippen molar-refractivity contribution in [2.45, 2.75) is 31.2 Å². The summed E-state index contributed by atoms with van der Waals surface area (Å²) in [5.74, 6) is 0. The van der Waals surface area contributed by atoms with Gasteiger partial charge in [-0.1, -0.05) is 12.8 Å². The van der Waals surface area contributed by atoms with Crippen LogP contribution in [0, 0.1) is 0 Å².